The zero-order chi connectivity index (χ0) is 28.9. The van der Waals surface area contributed by atoms with Gasteiger partial charge in [0.15, 0.2) is 17.6 Å². The van der Waals surface area contributed by atoms with Crippen LogP contribution in [0.2, 0.25) is 10.0 Å². The van der Waals surface area contributed by atoms with E-state index >= 15 is 0 Å². The van der Waals surface area contributed by atoms with Gasteiger partial charge in [0.05, 0.1) is 17.2 Å². The summed E-state index contributed by atoms with van der Waals surface area (Å²) in [5.74, 6) is 1.02. The third kappa shape index (κ3) is 7.90. The van der Waals surface area contributed by atoms with Crippen molar-refractivity contribution in [3.8, 4) is 17.2 Å². The Balaban J connectivity index is 1.43. The minimum absolute atomic E-state index is 0.0458. The maximum atomic E-state index is 12.3. The van der Waals surface area contributed by atoms with Crippen LogP contribution in [0.3, 0.4) is 0 Å². The second-order valence-corrected chi connectivity index (χ2v) is 10.8. The van der Waals surface area contributed by atoms with Gasteiger partial charge >= 0.3 is 12.1 Å². The molecule has 1 atom stereocenters. The number of nitrogens with zero attached hydrogens (tertiary/aromatic N) is 1. The summed E-state index contributed by atoms with van der Waals surface area (Å²) >= 11 is 12.1. The highest BCUT2D eigenvalue weighted by Crippen LogP contribution is 2.38. The van der Waals surface area contributed by atoms with E-state index in [4.69, 9.17) is 46.9 Å². The molecular weight excluding hydrogens is 557 g/mol. The summed E-state index contributed by atoms with van der Waals surface area (Å²) in [6.07, 6.45) is -1.17. The zero-order valence-electron chi connectivity index (χ0n) is 22.5. The van der Waals surface area contributed by atoms with Crippen LogP contribution in [0.15, 0.2) is 65.7 Å². The van der Waals surface area contributed by atoms with E-state index in [1.807, 2.05) is 30.3 Å². The van der Waals surface area contributed by atoms with Crippen LogP contribution >= 0.6 is 23.2 Å². The number of carbonyl (C=O) groups excluding carboxylic acids is 2. The van der Waals surface area contributed by atoms with Crippen molar-refractivity contribution in [2.24, 2.45) is 4.99 Å². The Labute approximate surface area is 242 Å². The zero-order valence-corrected chi connectivity index (χ0v) is 24.0. The molecular formula is C30H29Cl2NO7. The van der Waals surface area contributed by atoms with Gasteiger partial charge in [-0.1, -0.05) is 47.5 Å². The minimum Gasteiger partial charge on any atom is -0.489 e. The van der Waals surface area contributed by atoms with Crippen LogP contribution in [0.5, 0.6) is 17.2 Å². The lowest BCUT2D eigenvalue weighted by Gasteiger charge is -2.27. The molecule has 3 aromatic carbocycles. The van der Waals surface area contributed by atoms with E-state index < -0.39 is 17.7 Å². The molecule has 0 unspecified atom stereocenters. The topological polar surface area (TPSA) is 92.7 Å². The first-order valence-corrected chi connectivity index (χ1v) is 13.2. The van der Waals surface area contributed by atoms with Crippen LogP contribution in [-0.4, -0.2) is 37.1 Å². The predicted molar refractivity (Wildman–Crippen MR) is 152 cm³/mol. The smallest absolute Gasteiger partial charge is 0.434 e. The van der Waals surface area contributed by atoms with Gasteiger partial charge in [-0.2, -0.15) is 4.99 Å². The molecule has 1 aliphatic heterocycles. The van der Waals surface area contributed by atoms with E-state index in [0.717, 1.165) is 11.1 Å². The standard InChI is InChI=1S/C30H29Cl2NO7/c1-30(2,3)40-29(35)33-24(28(34)36-4)13-18-9-11-25-26(14-18)38-17-27(39-25)20-6-5-7-21(15-20)37-16-19-8-10-22(31)23(32)12-19/h5-12,14-15,27H,13,16-17H2,1-4H3/t27-/m1/s1. The Morgan fingerprint density at radius 2 is 1.75 bits per heavy atom. The maximum Gasteiger partial charge on any atom is 0.434 e. The fraction of sp³-hybridized carbons (Fsp3) is 0.300. The predicted octanol–water partition coefficient (Wildman–Crippen LogP) is 7.18. The van der Waals surface area contributed by atoms with Crippen molar-refractivity contribution >= 4 is 41.0 Å². The fourth-order valence-electron chi connectivity index (χ4n) is 3.85. The Morgan fingerprint density at radius 1 is 0.975 bits per heavy atom. The van der Waals surface area contributed by atoms with Crippen molar-refractivity contribution < 1.29 is 33.3 Å². The number of hydrogen-bond donors (Lipinski definition) is 0. The molecule has 0 spiro atoms. The van der Waals surface area contributed by atoms with Gasteiger partial charge in [-0.25, -0.2) is 9.59 Å². The molecule has 0 N–H and O–H groups in total. The lowest BCUT2D eigenvalue weighted by Crippen LogP contribution is -2.25. The van der Waals surface area contributed by atoms with Crippen LogP contribution in [-0.2, 0) is 27.3 Å². The molecule has 210 valence electrons. The summed E-state index contributed by atoms with van der Waals surface area (Å²) in [7, 11) is 1.23. The van der Waals surface area contributed by atoms with Crippen LogP contribution in [0.25, 0.3) is 0 Å². The number of aliphatic imine (C=N–C) groups is 1. The number of benzene rings is 3. The first kappa shape index (κ1) is 29.2. The van der Waals surface area contributed by atoms with Crippen molar-refractivity contribution in [2.45, 2.75) is 45.5 Å². The molecule has 10 heteroatoms. The lowest BCUT2D eigenvalue weighted by molar-refractivity contribution is -0.132. The van der Waals surface area contributed by atoms with Crippen molar-refractivity contribution in [1.82, 2.24) is 0 Å². The molecule has 0 bridgehead atoms. The number of methoxy groups -OCH3 is 1. The Kier molecular flexibility index (Phi) is 9.22. The number of rotatable bonds is 7. The molecule has 4 rings (SSSR count). The highest BCUT2D eigenvalue weighted by Gasteiger charge is 2.25. The molecule has 40 heavy (non-hydrogen) atoms. The third-order valence-electron chi connectivity index (χ3n) is 5.70. The van der Waals surface area contributed by atoms with Crippen LogP contribution in [0.1, 0.15) is 43.6 Å². The van der Waals surface area contributed by atoms with Gasteiger partial charge < -0.3 is 23.7 Å². The SMILES string of the molecule is COC(=O)C(Cc1ccc2c(c1)OC[C@H](c1cccc(OCc3ccc(Cl)c(Cl)c3)c1)O2)=NC(=O)OC(C)(C)C. The van der Waals surface area contributed by atoms with Gasteiger partial charge in [-0.05, 0) is 73.9 Å². The molecule has 3 aromatic rings. The average molecular weight is 586 g/mol. The van der Waals surface area contributed by atoms with Gasteiger partial charge in [0.1, 0.15) is 30.3 Å². The average Bonchev–Trinajstić information content (AvgIpc) is 2.91. The molecule has 8 nitrogen and oxygen atoms in total. The summed E-state index contributed by atoms with van der Waals surface area (Å²) in [5, 5.41) is 0.968. The summed E-state index contributed by atoms with van der Waals surface area (Å²) in [4.78, 5) is 28.2. The van der Waals surface area contributed by atoms with E-state index in [-0.39, 0.29) is 24.8 Å². The fourth-order valence-corrected chi connectivity index (χ4v) is 4.17. The summed E-state index contributed by atoms with van der Waals surface area (Å²) in [6.45, 7) is 5.75. The molecule has 0 saturated heterocycles. The summed E-state index contributed by atoms with van der Waals surface area (Å²) in [5.41, 5.74) is 1.65. The Morgan fingerprint density at radius 3 is 2.48 bits per heavy atom. The highest BCUT2D eigenvalue weighted by molar-refractivity contribution is 6.42. The molecule has 0 radical (unpaired) electrons. The molecule has 1 aliphatic rings. The normalized spacial score (nSPS) is 14.8. The number of carbonyl (C=O) groups is 2. The molecule has 1 heterocycles. The monoisotopic (exact) mass is 585 g/mol. The van der Waals surface area contributed by atoms with E-state index in [1.54, 1.807) is 51.1 Å². The first-order valence-electron chi connectivity index (χ1n) is 12.5. The Bertz CT molecular complexity index is 1430. The number of ether oxygens (including phenoxy) is 5. The van der Waals surface area contributed by atoms with Gasteiger partial charge in [-0.3, -0.25) is 0 Å². The number of amides is 1. The molecule has 0 aromatic heterocycles. The van der Waals surface area contributed by atoms with Crippen LogP contribution in [0.4, 0.5) is 4.79 Å². The molecule has 1 amide bonds. The second-order valence-electron chi connectivity index (χ2n) is 10.0. The first-order chi connectivity index (χ1) is 19.0. The second kappa shape index (κ2) is 12.6. The van der Waals surface area contributed by atoms with E-state index in [2.05, 4.69) is 4.99 Å². The number of esters is 1. The van der Waals surface area contributed by atoms with Crippen LogP contribution < -0.4 is 14.2 Å². The quantitative estimate of drug-likeness (QED) is 0.214. The van der Waals surface area contributed by atoms with Gasteiger partial charge in [0, 0.05) is 6.42 Å². The molecule has 0 saturated carbocycles. The number of halogens is 2. The van der Waals surface area contributed by atoms with E-state index in [1.165, 1.54) is 7.11 Å². The third-order valence-corrected chi connectivity index (χ3v) is 6.44. The van der Waals surface area contributed by atoms with Crippen molar-refractivity contribution in [1.29, 1.82) is 0 Å². The highest BCUT2D eigenvalue weighted by atomic mass is 35.5. The summed E-state index contributed by atoms with van der Waals surface area (Å²) in [6, 6.07) is 18.2. The van der Waals surface area contributed by atoms with E-state index in [9.17, 15) is 9.59 Å². The summed E-state index contributed by atoms with van der Waals surface area (Å²) < 4.78 is 28.1. The maximum absolute atomic E-state index is 12.3. The number of fused-ring (bicyclic) bond motifs is 1. The van der Waals surface area contributed by atoms with Crippen molar-refractivity contribution in [3.05, 3.63) is 87.4 Å². The molecule has 0 aliphatic carbocycles. The minimum atomic E-state index is -0.864. The largest absolute Gasteiger partial charge is 0.489 e. The van der Waals surface area contributed by atoms with Gasteiger partial charge in [0.2, 0.25) is 0 Å². The number of hydrogen-bond acceptors (Lipinski definition) is 7. The molecule has 0 fully saturated rings. The lowest BCUT2D eigenvalue weighted by atomic mass is 10.1. The van der Waals surface area contributed by atoms with Crippen molar-refractivity contribution in [2.75, 3.05) is 13.7 Å². The van der Waals surface area contributed by atoms with Crippen molar-refractivity contribution in [3.63, 3.8) is 0 Å². The van der Waals surface area contributed by atoms with Gasteiger partial charge in [0.25, 0.3) is 0 Å². The van der Waals surface area contributed by atoms with Crippen LogP contribution in [0, 0.1) is 0 Å². The Hall–Kier alpha value is -3.75. The van der Waals surface area contributed by atoms with Gasteiger partial charge in [-0.15, -0.1) is 0 Å². The van der Waals surface area contributed by atoms with E-state index in [0.29, 0.717) is 39.5 Å².